The maximum Gasteiger partial charge on any atom is 0.310 e. The van der Waals surface area contributed by atoms with Gasteiger partial charge in [0.05, 0.1) is 37.0 Å². The van der Waals surface area contributed by atoms with E-state index in [1.54, 1.807) is 11.3 Å². The van der Waals surface area contributed by atoms with Crippen molar-refractivity contribution in [1.29, 1.82) is 0 Å². The van der Waals surface area contributed by atoms with Gasteiger partial charge in [0.2, 0.25) is 0 Å². The van der Waals surface area contributed by atoms with Crippen LogP contribution in [0.1, 0.15) is 41.2 Å². The average Bonchev–Trinajstić information content (AvgIpc) is 3.34. The molecular formula is C34H41N3O5S. The molecule has 0 radical (unpaired) electrons. The number of ether oxygens (including phenoxy) is 3. The molecule has 7 rings (SSSR count). The quantitative estimate of drug-likeness (QED) is 0.370. The molecule has 2 saturated heterocycles. The minimum absolute atomic E-state index is 0.166. The van der Waals surface area contributed by atoms with Crippen molar-refractivity contribution in [2.45, 2.75) is 52.9 Å². The highest BCUT2D eigenvalue weighted by Gasteiger charge is 2.68. The average molecular weight is 604 g/mol. The molecule has 4 heterocycles. The van der Waals surface area contributed by atoms with Crippen molar-refractivity contribution in [2.24, 2.45) is 17.3 Å². The molecule has 8 nitrogen and oxygen atoms in total. The van der Waals surface area contributed by atoms with Gasteiger partial charge in [0.25, 0.3) is 0 Å². The minimum Gasteiger partial charge on any atom is -0.488 e. The van der Waals surface area contributed by atoms with Crippen molar-refractivity contribution < 1.29 is 24.1 Å². The van der Waals surface area contributed by atoms with Crippen LogP contribution >= 0.6 is 11.3 Å². The van der Waals surface area contributed by atoms with E-state index in [9.17, 15) is 9.90 Å². The number of carbonyl (C=O) groups is 1. The minimum atomic E-state index is -0.637. The van der Waals surface area contributed by atoms with E-state index in [0.717, 1.165) is 66.8 Å². The highest BCUT2D eigenvalue weighted by molar-refractivity contribution is 7.14. The lowest BCUT2D eigenvalue weighted by Gasteiger charge is -2.34. The number of hydrogen-bond donors (Lipinski definition) is 1. The number of thiazole rings is 1. The second-order valence-corrected chi connectivity index (χ2v) is 13.6. The van der Waals surface area contributed by atoms with E-state index >= 15 is 0 Å². The second kappa shape index (κ2) is 11.5. The Morgan fingerprint density at radius 2 is 2.09 bits per heavy atom. The summed E-state index contributed by atoms with van der Waals surface area (Å²) in [5, 5.41) is 12.9. The third-order valence-corrected chi connectivity index (χ3v) is 11.3. The smallest absolute Gasteiger partial charge is 0.310 e. The van der Waals surface area contributed by atoms with E-state index in [1.165, 1.54) is 22.3 Å². The number of carboxylic acid groups (broad SMARTS) is 1. The first-order chi connectivity index (χ1) is 20.8. The fourth-order valence-corrected chi connectivity index (χ4v) is 8.45. The predicted molar refractivity (Wildman–Crippen MR) is 167 cm³/mol. The van der Waals surface area contributed by atoms with Gasteiger partial charge in [0.1, 0.15) is 12.4 Å². The number of aryl methyl sites for hydroxylation is 1. The third-order valence-electron chi connectivity index (χ3n) is 10.4. The summed E-state index contributed by atoms with van der Waals surface area (Å²) in [7, 11) is 0. The molecule has 1 aliphatic carbocycles. The van der Waals surface area contributed by atoms with Gasteiger partial charge in [-0.05, 0) is 72.9 Å². The molecule has 0 bridgehead atoms. The standard InChI is InChI=1S/C34H41N3O5S/c1-21-4-7-31(28(14-21)30-20-43-33(35-30)37-11-9-34(32(38)39)23(3)29(34)17-37)42-18-25-6-5-24-15-36(10-8-27(24)22(25)2)16-26-19-40-12-13-41-26/h4-7,14,20,23,26,29H,8-13,15-19H2,1-3H3,(H,38,39). The largest absolute Gasteiger partial charge is 0.488 e. The number of nitrogens with zero attached hydrogens (tertiary/aromatic N) is 3. The Labute approximate surface area is 257 Å². The monoisotopic (exact) mass is 603 g/mol. The number of aromatic nitrogens is 1. The van der Waals surface area contributed by atoms with Crippen LogP contribution in [0.4, 0.5) is 5.13 Å². The molecule has 1 aromatic heterocycles. The van der Waals surface area contributed by atoms with E-state index in [-0.39, 0.29) is 17.9 Å². The van der Waals surface area contributed by atoms with E-state index < -0.39 is 11.4 Å². The summed E-state index contributed by atoms with van der Waals surface area (Å²) < 4.78 is 18.0. The molecular weight excluding hydrogens is 562 g/mol. The molecule has 3 fully saturated rings. The van der Waals surface area contributed by atoms with Crippen LogP contribution in [0.2, 0.25) is 0 Å². The van der Waals surface area contributed by atoms with Crippen LogP contribution < -0.4 is 9.64 Å². The molecule has 0 spiro atoms. The molecule has 3 aromatic rings. The number of rotatable bonds is 8. The topological polar surface area (TPSA) is 84.4 Å². The molecule has 228 valence electrons. The van der Waals surface area contributed by atoms with E-state index in [1.807, 2.05) is 0 Å². The molecule has 2 aromatic carbocycles. The predicted octanol–water partition coefficient (Wildman–Crippen LogP) is 5.33. The van der Waals surface area contributed by atoms with Crippen LogP contribution in [-0.2, 0) is 33.8 Å². The Kier molecular flexibility index (Phi) is 7.70. The lowest BCUT2D eigenvalue weighted by Crippen LogP contribution is -2.42. The van der Waals surface area contributed by atoms with Gasteiger partial charge in [-0.15, -0.1) is 11.3 Å². The van der Waals surface area contributed by atoms with Crippen molar-refractivity contribution in [3.05, 3.63) is 63.5 Å². The van der Waals surface area contributed by atoms with Crippen LogP contribution in [0.3, 0.4) is 0 Å². The number of piperidine rings is 1. The summed E-state index contributed by atoms with van der Waals surface area (Å²) in [6, 6.07) is 10.8. The Morgan fingerprint density at radius 1 is 1.21 bits per heavy atom. The van der Waals surface area contributed by atoms with Crippen LogP contribution in [0.5, 0.6) is 5.75 Å². The first kappa shape index (κ1) is 28.8. The van der Waals surface area contributed by atoms with Gasteiger partial charge in [0, 0.05) is 43.7 Å². The van der Waals surface area contributed by atoms with Crippen LogP contribution in [0, 0.1) is 31.1 Å². The number of aliphatic carboxylic acids is 1. The first-order valence-electron chi connectivity index (χ1n) is 15.5. The Bertz CT molecular complexity index is 1520. The summed E-state index contributed by atoms with van der Waals surface area (Å²) in [6.07, 6.45) is 1.88. The van der Waals surface area contributed by atoms with Gasteiger partial charge in [-0.1, -0.05) is 30.7 Å². The number of benzene rings is 2. The molecule has 4 unspecified atom stereocenters. The lowest BCUT2D eigenvalue weighted by atomic mass is 9.92. The molecule has 9 heteroatoms. The van der Waals surface area contributed by atoms with Crippen molar-refractivity contribution >= 4 is 22.4 Å². The maximum atomic E-state index is 11.9. The summed E-state index contributed by atoms with van der Waals surface area (Å²) in [4.78, 5) is 21.7. The molecule has 1 N–H and O–H groups in total. The number of hydrogen-bond acceptors (Lipinski definition) is 8. The molecule has 43 heavy (non-hydrogen) atoms. The molecule has 0 amide bonds. The Hall–Kier alpha value is -2.98. The molecule has 3 aliphatic heterocycles. The lowest BCUT2D eigenvalue weighted by molar-refractivity contribution is -0.145. The summed E-state index contributed by atoms with van der Waals surface area (Å²) in [5.41, 5.74) is 7.94. The molecule has 4 aliphatic rings. The Balaban J connectivity index is 1.03. The zero-order valence-corrected chi connectivity index (χ0v) is 26.1. The molecule has 4 atom stereocenters. The highest BCUT2D eigenvalue weighted by atomic mass is 32.1. The normalized spacial score (nSPS) is 27.0. The Morgan fingerprint density at radius 3 is 2.88 bits per heavy atom. The van der Waals surface area contributed by atoms with Gasteiger partial charge in [-0.3, -0.25) is 9.69 Å². The van der Waals surface area contributed by atoms with E-state index in [0.29, 0.717) is 32.8 Å². The number of carboxylic acids is 1. The van der Waals surface area contributed by atoms with Gasteiger partial charge in [-0.25, -0.2) is 4.98 Å². The fraction of sp³-hybridized carbons (Fsp3) is 0.529. The van der Waals surface area contributed by atoms with Crippen molar-refractivity contribution in [1.82, 2.24) is 9.88 Å². The van der Waals surface area contributed by atoms with Gasteiger partial charge in [0.15, 0.2) is 5.13 Å². The molecule has 1 saturated carbocycles. The zero-order valence-electron chi connectivity index (χ0n) is 25.3. The second-order valence-electron chi connectivity index (χ2n) is 12.8. The zero-order chi connectivity index (χ0) is 29.7. The maximum absolute atomic E-state index is 11.9. The van der Waals surface area contributed by atoms with E-state index in [4.69, 9.17) is 19.2 Å². The van der Waals surface area contributed by atoms with Crippen LogP contribution in [0.25, 0.3) is 11.3 Å². The SMILES string of the molecule is Cc1ccc(OCc2ccc3c(c2C)CCN(CC2COCCO2)C3)c(-c2csc(N3CCC4(C(=O)O)C(C)C4C3)n2)c1. The summed E-state index contributed by atoms with van der Waals surface area (Å²) >= 11 is 1.63. The van der Waals surface area contributed by atoms with Crippen LogP contribution in [0.15, 0.2) is 35.7 Å². The van der Waals surface area contributed by atoms with Gasteiger partial charge in [-0.2, -0.15) is 0 Å². The first-order valence-corrected chi connectivity index (χ1v) is 16.4. The van der Waals surface area contributed by atoms with Crippen molar-refractivity contribution in [3.63, 3.8) is 0 Å². The van der Waals surface area contributed by atoms with Gasteiger partial charge < -0.3 is 24.2 Å². The van der Waals surface area contributed by atoms with E-state index in [2.05, 4.69) is 66.3 Å². The highest BCUT2D eigenvalue weighted by Crippen LogP contribution is 2.63. The van der Waals surface area contributed by atoms with Gasteiger partial charge >= 0.3 is 5.97 Å². The van der Waals surface area contributed by atoms with Crippen LogP contribution in [-0.4, -0.2) is 73.1 Å². The fourth-order valence-electron chi connectivity index (χ4n) is 7.59. The summed E-state index contributed by atoms with van der Waals surface area (Å²) in [5.74, 6) is 0.623. The summed E-state index contributed by atoms with van der Waals surface area (Å²) in [6.45, 7) is 13.4. The van der Waals surface area contributed by atoms with Crippen molar-refractivity contribution in [3.8, 4) is 17.0 Å². The number of fused-ring (bicyclic) bond motifs is 2. The third kappa shape index (κ3) is 5.35. The number of anilines is 1. The van der Waals surface area contributed by atoms with Crippen molar-refractivity contribution in [2.75, 3.05) is 50.9 Å².